The molecule has 7 nitrogen and oxygen atoms in total. The van der Waals surface area contributed by atoms with Crippen LogP contribution in [-0.2, 0) is 11.5 Å². The predicted octanol–water partition coefficient (Wildman–Crippen LogP) is 1.45. The number of H-pyrrole nitrogens is 1. The molecule has 0 fully saturated rings. The molecule has 2 aromatic heterocycles. The molecule has 3 aromatic rings. The molecule has 96 valence electrons. The van der Waals surface area contributed by atoms with Gasteiger partial charge in [-0.3, -0.25) is 0 Å². The molecular formula is C12H11N5O2. The molecule has 0 saturated carbocycles. The summed E-state index contributed by atoms with van der Waals surface area (Å²) in [6, 6.07) is 9.65. The first-order valence-electron chi connectivity index (χ1n) is 5.63. The van der Waals surface area contributed by atoms with Crippen molar-refractivity contribution in [3.63, 3.8) is 0 Å². The fourth-order valence-electron chi connectivity index (χ4n) is 1.61. The maximum atomic E-state index is 5.56. The van der Waals surface area contributed by atoms with Gasteiger partial charge in [0, 0.05) is 0 Å². The van der Waals surface area contributed by atoms with Gasteiger partial charge in [-0.05, 0) is 5.56 Å². The number of anilines is 1. The number of nitrogens with zero attached hydrogens (tertiary/aromatic N) is 3. The molecule has 0 aliphatic carbocycles. The lowest BCUT2D eigenvalue weighted by Crippen LogP contribution is -2.03. The Morgan fingerprint density at radius 3 is 2.84 bits per heavy atom. The third-order valence-electron chi connectivity index (χ3n) is 2.48. The molecule has 0 bridgehead atoms. The lowest BCUT2D eigenvalue weighted by Gasteiger charge is -2.05. The minimum absolute atomic E-state index is 0.0814. The van der Waals surface area contributed by atoms with Crippen molar-refractivity contribution in [2.75, 3.05) is 5.73 Å². The molecule has 0 spiro atoms. The summed E-state index contributed by atoms with van der Waals surface area (Å²) in [5, 5.41) is 0. The van der Waals surface area contributed by atoms with Crippen LogP contribution in [0.3, 0.4) is 0 Å². The number of benzene rings is 1. The van der Waals surface area contributed by atoms with Gasteiger partial charge in [-0.15, -0.1) is 0 Å². The number of fused-ring (bicyclic) bond motifs is 1. The highest BCUT2D eigenvalue weighted by atomic mass is 17.2. The molecule has 0 atom stereocenters. The maximum absolute atomic E-state index is 5.56. The standard InChI is InChI=1S/C12H11N5O2/c13-12-16-10-9(14-7-15-10)11(17-12)19-18-6-8-4-2-1-3-5-8/h1-5,7H,6H2,(H3,13,14,15,16,17). The maximum Gasteiger partial charge on any atom is 0.287 e. The van der Waals surface area contributed by atoms with E-state index in [1.807, 2.05) is 30.3 Å². The number of hydrogen-bond acceptors (Lipinski definition) is 6. The van der Waals surface area contributed by atoms with Crippen molar-refractivity contribution in [1.29, 1.82) is 0 Å². The summed E-state index contributed by atoms with van der Waals surface area (Å²) in [7, 11) is 0. The Kier molecular flexibility index (Phi) is 2.95. The fraction of sp³-hybridized carbons (Fsp3) is 0.0833. The number of nitrogen functional groups attached to an aromatic ring is 1. The Balaban J connectivity index is 1.73. The smallest absolute Gasteiger partial charge is 0.287 e. The van der Waals surface area contributed by atoms with Crippen LogP contribution in [0, 0.1) is 0 Å². The second-order valence-electron chi connectivity index (χ2n) is 3.82. The van der Waals surface area contributed by atoms with E-state index in [1.54, 1.807) is 0 Å². The molecule has 1 aromatic carbocycles. The number of hydrogen-bond donors (Lipinski definition) is 2. The third kappa shape index (κ3) is 2.45. The van der Waals surface area contributed by atoms with Gasteiger partial charge in [0.05, 0.1) is 6.33 Å². The molecule has 19 heavy (non-hydrogen) atoms. The van der Waals surface area contributed by atoms with Crippen molar-refractivity contribution in [2.24, 2.45) is 0 Å². The average Bonchev–Trinajstić information content (AvgIpc) is 2.88. The summed E-state index contributed by atoms with van der Waals surface area (Å²) in [5.41, 5.74) is 7.53. The van der Waals surface area contributed by atoms with Gasteiger partial charge < -0.3 is 15.6 Å². The summed E-state index contributed by atoms with van der Waals surface area (Å²) in [4.78, 5) is 25.1. The third-order valence-corrected chi connectivity index (χ3v) is 2.48. The molecule has 0 saturated heterocycles. The van der Waals surface area contributed by atoms with Crippen LogP contribution in [0.2, 0.25) is 0 Å². The van der Waals surface area contributed by atoms with Gasteiger partial charge in [0.1, 0.15) is 6.61 Å². The van der Waals surface area contributed by atoms with E-state index in [9.17, 15) is 0 Å². The van der Waals surface area contributed by atoms with E-state index in [1.165, 1.54) is 6.33 Å². The highest BCUT2D eigenvalue weighted by Gasteiger charge is 2.10. The van der Waals surface area contributed by atoms with Crippen molar-refractivity contribution in [3.05, 3.63) is 42.2 Å². The van der Waals surface area contributed by atoms with Crippen LogP contribution >= 0.6 is 0 Å². The van der Waals surface area contributed by atoms with Crippen LogP contribution in [0.5, 0.6) is 5.88 Å². The number of imidazole rings is 1. The lowest BCUT2D eigenvalue weighted by molar-refractivity contribution is -0.219. The molecule has 0 unspecified atom stereocenters. The van der Waals surface area contributed by atoms with E-state index in [4.69, 9.17) is 15.5 Å². The second-order valence-corrected chi connectivity index (χ2v) is 3.82. The first kappa shape index (κ1) is 11.4. The molecule has 3 rings (SSSR count). The van der Waals surface area contributed by atoms with E-state index >= 15 is 0 Å². The van der Waals surface area contributed by atoms with Crippen molar-refractivity contribution < 1.29 is 9.78 Å². The zero-order valence-corrected chi connectivity index (χ0v) is 9.91. The molecule has 2 heterocycles. The number of nitrogens with two attached hydrogens (primary N) is 1. The van der Waals surface area contributed by atoms with Gasteiger partial charge >= 0.3 is 0 Å². The predicted molar refractivity (Wildman–Crippen MR) is 68.0 cm³/mol. The largest absolute Gasteiger partial charge is 0.368 e. The van der Waals surface area contributed by atoms with Gasteiger partial charge in [-0.1, -0.05) is 30.3 Å². The second kappa shape index (κ2) is 4.91. The van der Waals surface area contributed by atoms with E-state index in [0.29, 0.717) is 17.8 Å². The Morgan fingerprint density at radius 2 is 2.00 bits per heavy atom. The van der Waals surface area contributed by atoms with E-state index in [0.717, 1.165) is 5.56 Å². The monoisotopic (exact) mass is 257 g/mol. The fourth-order valence-corrected chi connectivity index (χ4v) is 1.61. The van der Waals surface area contributed by atoms with Crippen molar-refractivity contribution in [3.8, 4) is 5.88 Å². The minimum Gasteiger partial charge on any atom is -0.368 e. The van der Waals surface area contributed by atoms with Crippen molar-refractivity contribution >= 4 is 17.1 Å². The van der Waals surface area contributed by atoms with Gasteiger partial charge in [0.15, 0.2) is 11.2 Å². The summed E-state index contributed by atoms with van der Waals surface area (Å²) < 4.78 is 0. The first-order chi connectivity index (χ1) is 9.33. The molecule has 0 aliphatic heterocycles. The average molecular weight is 257 g/mol. The summed E-state index contributed by atoms with van der Waals surface area (Å²) in [5.74, 6) is 0.300. The molecule has 0 radical (unpaired) electrons. The highest BCUT2D eigenvalue weighted by Crippen LogP contribution is 2.20. The van der Waals surface area contributed by atoms with Crippen LogP contribution < -0.4 is 10.6 Å². The molecule has 0 amide bonds. The van der Waals surface area contributed by atoms with Crippen LogP contribution in [0.15, 0.2) is 36.7 Å². The SMILES string of the molecule is Nc1nc(OOCc2ccccc2)c2[nH]cnc2n1. The van der Waals surface area contributed by atoms with Gasteiger partial charge in [0.2, 0.25) is 5.95 Å². The molecule has 3 N–H and O–H groups in total. The van der Waals surface area contributed by atoms with E-state index in [-0.39, 0.29) is 11.8 Å². The first-order valence-corrected chi connectivity index (χ1v) is 5.63. The Bertz CT molecular complexity index is 683. The van der Waals surface area contributed by atoms with Gasteiger partial charge in [0.25, 0.3) is 5.88 Å². The molecule has 7 heteroatoms. The topological polar surface area (TPSA) is 98.9 Å². The van der Waals surface area contributed by atoms with Crippen LogP contribution in [0.1, 0.15) is 5.56 Å². The lowest BCUT2D eigenvalue weighted by atomic mass is 10.2. The van der Waals surface area contributed by atoms with Gasteiger partial charge in [-0.25, -0.2) is 4.98 Å². The number of aromatic amines is 1. The van der Waals surface area contributed by atoms with E-state index < -0.39 is 0 Å². The molecular weight excluding hydrogens is 246 g/mol. The quantitative estimate of drug-likeness (QED) is 0.542. The summed E-state index contributed by atoms with van der Waals surface area (Å²) >= 11 is 0. The Morgan fingerprint density at radius 1 is 1.16 bits per heavy atom. The van der Waals surface area contributed by atoms with Gasteiger partial charge in [-0.2, -0.15) is 14.9 Å². The highest BCUT2D eigenvalue weighted by molar-refractivity contribution is 5.76. The number of nitrogens with one attached hydrogen (secondary N) is 1. The molecule has 0 aliphatic rings. The Labute approximate surface area is 108 Å². The zero-order valence-electron chi connectivity index (χ0n) is 9.91. The zero-order chi connectivity index (χ0) is 13.1. The van der Waals surface area contributed by atoms with Crippen molar-refractivity contribution in [2.45, 2.75) is 6.61 Å². The van der Waals surface area contributed by atoms with Crippen molar-refractivity contribution in [1.82, 2.24) is 19.9 Å². The van der Waals surface area contributed by atoms with Crippen LogP contribution in [0.25, 0.3) is 11.2 Å². The van der Waals surface area contributed by atoms with Crippen LogP contribution in [-0.4, -0.2) is 19.9 Å². The minimum atomic E-state index is 0.0814. The summed E-state index contributed by atoms with van der Waals surface area (Å²) in [6.45, 7) is 0.306. The normalized spacial score (nSPS) is 10.7. The number of aromatic nitrogens is 4. The Hall–Kier alpha value is -2.67. The number of rotatable bonds is 4. The van der Waals surface area contributed by atoms with Crippen LogP contribution in [0.4, 0.5) is 5.95 Å². The van der Waals surface area contributed by atoms with E-state index in [2.05, 4.69) is 19.9 Å². The summed E-state index contributed by atoms with van der Waals surface area (Å²) in [6.07, 6.45) is 1.49.